The Morgan fingerprint density at radius 1 is 1.43 bits per heavy atom. The van der Waals surface area contributed by atoms with Gasteiger partial charge in [-0.15, -0.1) is 9.38 Å². The molecule has 2 aliphatic rings. The fourth-order valence-electron chi connectivity index (χ4n) is 2.56. The molecule has 2 aliphatic heterocycles. The van der Waals surface area contributed by atoms with E-state index in [2.05, 4.69) is 19.8 Å². The zero-order valence-corrected chi connectivity index (χ0v) is 11.8. The summed E-state index contributed by atoms with van der Waals surface area (Å²) in [5, 5.41) is 11.0. The van der Waals surface area contributed by atoms with Crippen molar-refractivity contribution in [2.45, 2.75) is 24.9 Å². The van der Waals surface area contributed by atoms with E-state index < -0.39 is 28.5 Å². The molecule has 0 radical (unpaired) electrons. The second-order valence-corrected chi connectivity index (χ2v) is 5.71. The third kappa shape index (κ3) is 2.52. The van der Waals surface area contributed by atoms with Gasteiger partial charge in [0.2, 0.25) is 5.89 Å². The summed E-state index contributed by atoms with van der Waals surface area (Å²) in [6, 6.07) is -1.32. The molecule has 3 heterocycles. The minimum Gasteiger partial charge on any atom is -0.406 e. The first-order valence-electron chi connectivity index (χ1n) is 6.17. The summed E-state index contributed by atoms with van der Waals surface area (Å²) in [6.45, 7) is 0.260. The first-order chi connectivity index (χ1) is 9.89. The molecule has 3 rings (SSSR count). The molecule has 0 aliphatic carbocycles. The highest BCUT2D eigenvalue weighted by atomic mass is 32.3. The van der Waals surface area contributed by atoms with Crippen molar-refractivity contribution >= 4 is 22.4 Å². The van der Waals surface area contributed by atoms with Crippen molar-refractivity contribution in [2.75, 3.05) is 18.9 Å². The highest BCUT2D eigenvalue weighted by molar-refractivity contribution is 7.80. The number of piperidine rings is 1. The maximum absolute atomic E-state index is 12.2. The van der Waals surface area contributed by atoms with E-state index in [0.29, 0.717) is 17.9 Å². The summed E-state index contributed by atoms with van der Waals surface area (Å²) < 4.78 is 40.0. The molecule has 2 amide bonds. The topological polar surface area (TPSA) is 138 Å². The molecule has 0 saturated carbocycles. The predicted octanol–water partition coefficient (Wildman–Crippen LogP) is -0.213. The van der Waals surface area contributed by atoms with E-state index in [1.165, 1.54) is 4.90 Å². The van der Waals surface area contributed by atoms with Crippen molar-refractivity contribution in [2.24, 2.45) is 0 Å². The normalized spacial score (nSPS) is 25.5. The van der Waals surface area contributed by atoms with E-state index in [9.17, 15) is 13.2 Å². The van der Waals surface area contributed by atoms with Crippen molar-refractivity contribution in [3.63, 3.8) is 0 Å². The smallest absolute Gasteiger partial charge is 0.406 e. The van der Waals surface area contributed by atoms with E-state index in [0.717, 1.165) is 0 Å². The SMILES string of the molecule is CNc1nnc(C2CCC3CN2C(=O)N3OS(=O)(=O)O)o1. The molecule has 2 saturated heterocycles. The number of hydroxylamine groups is 2. The van der Waals surface area contributed by atoms with Gasteiger partial charge in [0, 0.05) is 13.6 Å². The minimum atomic E-state index is -4.74. The zero-order chi connectivity index (χ0) is 15.2. The fourth-order valence-corrected chi connectivity index (χ4v) is 2.95. The maximum atomic E-state index is 12.2. The number of hydrogen-bond donors (Lipinski definition) is 2. The van der Waals surface area contributed by atoms with Crippen LogP contribution in [0.5, 0.6) is 0 Å². The average molecular weight is 319 g/mol. The second kappa shape index (κ2) is 4.82. The number of amides is 2. The van der Waals surface area contributed by atoms with Crippen LogP contribution in [-0.2, 0) is 14.7 Å². The molecule has 1 aromatic heterocycles. The van der Waals surface area contributed by atoms with Crippen LogP contribution in [-0.4, -0.2) is 58.8 Å². The molecule has 2 atom stereocenters. The third-order valence-corrected chi connectivity index (χ3v) is 3.79. The van der Waals surface area contributed by atoms with Crippen LogP contribution in [0.2, 0.25) is 0 Å². The Labute approximate surface area is 119 Å². The van der Waals surface area contributed by atoms with Crippen LogP contribution in [0.4, 0.5) is 10.8 Å². The molecule has 2 bridgehead atoms. The molecule has 12 heteroatoms. The molecular weight excluding hydrogens is 306 g/mol. The van der Waals surface area contributed by atoms with E-state index in [1.54, 1.807) is 7.05 Å². The van der Waals surface area contributed by atoms with Crippen molar-refractivity contribution in [1.82, 2.24) is 20.2 Å². The van der Waals surface area contributed by atoms with Gasteiger partial charge in [-0.05, 0) is 12.8 Å². The monoisotopic (exact) mass is 319 g/mol. The van der Waals surface area contributed by atoms with Gasteiger partial charge in [0.1, 0.15) is 6.04 Å². The number of nitrogens with one attached hydrogen (secondary N) is 1. The third-order valence-electron chi connectivity index (χ3n) is 3.44. The molecule has 2 N–H and O–H groups in total. The van der Waals surface area contributed by atoms with E-state index in [1.807, 2.05) is 0 Å². The van der Waals surface area contributed by atoms with Crippen LogP contribution in [0.15, 0.2) is 4.42 Å². The summed E-state index contributed by atoms with van der Waals surface area (Å²) in [5.74, 6) is 0.264. The lowest BCUT2D eigenvalue weighted by atomic mass is 10.0. The molecule has 2 fully saturated rings. The number of fused-ring (bicyclic) bond motifs is 2. The number of nitrogens with zero attached hydrogens (tertiary/aromatic N) is 4. The Kier molecular flexibility index (Phi) is 3.22. The molecule has 21 heavy (non-hydrogen) atoms. The van der Waals surface area contributed by atoms with Gasteiger partial charge in [-0.25, -0.2) is 4.79 Å². The number of hydrogen-bond acceptors (Lipinski definition) is 8. The van der Waals surface area contributed by atoms with Gasteiger partial charge in [0.25, 0.3) is 0 Å². The van der Waals surface area contributed by atoms with Gasteiger partial charge in [0.15, 0.2) is 0 Å². The number of urea groups is 1. The zero-order valence-electron chi connectivity index (χ0n) is 11.0. The van der Waals surface area contributed by atoms with Crippen LogP contribution in [0, 0.1) is 0 Å². The molecule has 2 unspecified atom stereocenters. The van der Waals surface area contributed by atoms with Crippen LogP contribution < -0.4 is 5.32 Å². The second-order valence-electron chi connectivity index (χ2n) is 4.71. The number of anilines is 1. The Morgan fingerprint density at radius 2 is 2.19 bits per heavy atom. The lowest BCUT2D eigenvalue weighted by molar-refractivity contribution is -0.0317. The van der Waals surface area contributed by atoms with Crippen LogP contribution >= 0.6 is 0 Å². The van der Waals surface area contributed by atoms with Crippen molar-refractivity contribution < 1.29 is 26.5 Å². The van der Waals surface area contributed by atoms with Crippen LogP contribution in [0.25, 0.3) is 0 Å². The highest BCUT2D eigenvalue weighted by Crippen LogP contribution is 2.38. The van der Waals surface area contributed by atoms with Crippen LogP contribution in [0.3, 0.4) is 0 Å². The Bertz CT molecular complexity index is 659. The summed E-state index contributed by atoms with van der Waals surface area (Å²) in [6.07, 6.45) is 1.01. The summed E-state index contributed by atoms with van der Waals surface area (Å²) in [4.78, 5) is 13.6. The Hall–Kier alpha value is -1.92. The van der Waals surface area contributed by atoms with Crippen molar-refractivity contribution in [3.8, 4) is 0 Å². The maximum Gasteiger partial charge on any atom is 0.418 e. The number of carbonyl (C=O) groups is 1. The lowest BCUT2D eigenvalue weighted by Gasteiger charge is -2.27. The molecule has 0 aromatic carbocycles. The van der Waals surface area contributed by atoms with Crippen molar-refractivity contribution in [1.29, 1.82) is 0 Å². The number of carbonyl (C=O) groups excluding carboxylic acids is 1. The fraction of sp³-hybridized carbons (Fsp3) is 0.667. The van der Waals surface area contributed by atoms with Gasteiger partial charge in [-0.1, -0.05) is 5.10 Å². The van der Waals surface area contributed by atoms with Gasteiger partial charge in [-0.2, -0.15) is 13.5 Å². The van der Waals surface area contributed by atoms with Gasteiger partial charge >= 0.3 is 22.4 Å². The largest absolute Gasteiger partial charge is 0.418 e. The summed E-state index contributed by atoms with van der Waals surface area (Å²) in [7, 11) is -3.12. The molecule has 116 valence electrons. The van der Waals surface area contributed by atoms with E-state index in [-0.39, 0.29) is 18.5 Å². The van der Waals surface area contributed by atoms with E-state index >= 15 is 0 Å². The molecule has 1 aromatic rings. The van der Waals surface area contributed by atoms with Crippen molar-refractivity contribution in [3.05, 3.63) is 5.89 Å². The first kappa shape index (κ1) is 14.0. The number of rotatable bonds is 4. The number of aromatic nitrogens is 2. The summed E-state index contributed by atoms with van der Waals surface area (Å²) >= 11 is 0. The Balaban J connectivity index is 1.82. The predicted molar refractivity (Wildman–Crippen MR) is 66.2 cm³/mol. The first-order valence-corrected chi connectivity index (χ1v) is 7.53. The standard InChI is InChI=1S/C9H13N5O6S/c1-10-8-12-11-7(19-8)6-3-2-5-4-13(6)9(15)14(5)20-21(16,17)18/h5-6H,2-4H2,1H3,(H,10,12)(H,16,17,18). The Morgan fingerprint density at radius 3 is 2.81 bits per heavy atom. The molecule has 11 nitrogen and oxygen atoms in total. The molecular formula is C9H13N5O6S. The quantitative estimate of drug-likeness (QED) is 0.721. The lowest BCUT2D eigenvalue weighted by Crippen LogP contribution is -2.35. The van der Waals surface area contributed by atoms with E-state index in [4.69, 9.17) is 8.97 Å². The summed E-state index contributed by atoms with van der Waals surface area (Å²) in [5.41, 5.74) is 0. The van der Waals surface area contributed by atoms with Gasteiger partial charge in [-0.3, -0.25) is 4.55 Å². The highest BCUT2D eigenvalue weighted by Gasteiger charge is 2.49. The minimum absolute atomic E-state index is 0.227. The van der Waals surface area contributed by atoms with Gasteiger partial charge in [0.05, 0.1) is 6.04 Å². The molecule has 0 spiro atoms. The van der Waals surface area contributed by atoms with Crippen LogP contribution in [0.1, 0.15) is 24.8 Å². The average Bonchev–Trinajstić information content (AvgIpc) is 2.98. The van der Waals surface area contributed by atoms with Gasteiger partial charge < -0.3 is 14.6 Å².